The first kappa shape index (κ1) is 27.3. The van der Waals surface area contributed by atoms with Gasteiger partial charge in [-0.15, -0.1) is 0 Å². The van der Waals surface area contributed by atoms with Gasteiger partial charge in [-0.2, -0.15) is 10.2 Å². The molecule has 5 atom stereocenters. The van der Waals surface area contributed by atoms with Gasteiger partial charge in [0, 0.05) is 37.2 Å². The summed E-state index contributed by atoms with van der Waals surface area (Å²) in [5, 5.41) is 20.6. The molecule has 7 rings (SSSR count). The first-order valence-electron chi connectivity index (χ1n) is 14.7. The average Bonchev–Trinajstić information content (AvgIpc) is 2.95. The molecular weight excluding hydrogens is 504 g/mol. The molecule has 4 aliphatic carbocycles. The summed E-state index contributed by atoms with van der Waals surface area (Å²) in [4.78, 5) is 9.09. The second-order valence-corrected chi connectivity index (χ2v) is 12.9. The highest BCUT2D eigenvalue weighted by Gasteiger charge is 2.55. The quantitative estimate of drug-likeness (QED) is 0.394. The summed E-state index contributed by atoms with van der Waals surface area (Å²) in [6, 6.07) is 10.7. The highest BCUT2D eigenvalue weighted by Crippen LogP contribution is 2.60. The molecular formula is C31H42N6O3. The van der Waals surface area contributed by atoms with Crippen molar-refractivity contribution < 1.29 is 14.2 Å². The van der Waals surface area contributed by atoms with E-state index < -0.39 is 5.79 Å². The van der Waals surface area contributed by atoms with Crippen molar-refractivity contribution in [2.24, 2.45) is 29.1 Å². The third kappa shape index (κ3) is 5.76. The number of rotatable bonds is 10. The lowest BCUT2D eigenvalue weighted by Gasteiger charge is -2.60. The van der Waals surface area contributed by atoms with Crippen LogP contribution in [0.15, 0.2) is 30.5 Å². The van der Waals surface area contributed by atoms with Gasteiger partial charge in [0.2, 0.25) is 5.95 Å². The van der Waals surface area contributed by atoms with Gasteiger partial charge in [0.15, 0.2) is 5.79 Å². The zero-order chi connectivity index (χ0) is 27.7. The summed E-state index contributed by atoms with van der Waals surface area (Å²) in [6.07, 6.45) is 7.98. The summed E-state index contributed by atoms with van der Waals surface area (Å²) in [5.41, 5.74) is 1.77. The van der Waals surface area contributed by atoms with Crippen LogP contribution in [0, 0.1) is 40.4 Å². The number of hydrogen-bond donors (Lipinski definition) is 3. The average molecular weight is 547 g/mol. The number of methoxy groups -OCH3 is 1. The lowest BCUT2D eigenvalue weighted by atomic mass is 9.48. The second kappa shape index (κ2) is 11.2. The van der Waals surface area contributed by atoms with Crippen molar-refractivity contribution in [1.82, 2.24) is 15.3 Å². The Morgan fingerprint density at radius 1 is 1.07 bits per heavy atom. The maximum Gasteiger partial charge on any atom is 0.224 e. The Bertz CT molecular complexity index is 1220. The van der Waals surface area contributed by atoms with Gasteiger partial charge in [0.1, 0.15) is 23.2 Å². The summed E-state index contributed by atoms with van der Waals surface area (Å²) in [6.45, 7) is 7.84. The molecule has 1 aromatic carbocycles. The predicted molar refractivity (Wildman–Crippen MR) is 153 cm³/mol. The van der Waals surface area contributed by atoms with E-state index in [-0.39, 0.29) is 5.41 Å². The fraction of sp³-hybridized carbons (Fsp3) is 0.645. The van der Waals surface area contributed by atoms with Crippen LogP contribution in [-0.2, 0) is 16.0 Å². The van der Waals surface area contributed by atoms with Crippen LogP contribution >= 0.6 is 0 Å². The number of nitrogens with one attached hydrogen (secondary N) is 3. The largest absolute Gasteiger partial charge is 0.496 e. The first-order chi connectivity index (χ1) is 19.4. The maximum absolute atomic E-state index is 9.74. The van der Waals surface area contributed by atoms with E-state index >= 15 is 0 Å². The van der Waals surface area contributed by atoms with Crippen molar-refractivity contribution in [3.8, 4) is 11.8 Å². The van der Waals surface area contributed by atoms with Gasteiger partial charge >= 0.3 is 0 Å². The minimum absolute atomic E-state index is 0.262. The van der Waals surface area contributed by atoms with Crippen molar-refractivity contribution in [2.75, 3.05) is 44.0 Å². The van der Waals surface area contributed by atoms with Crippen LogP contribution in [0.25, 0.3) is 0 Å². The molecule has 9 heteroatoms. The highest BCUT2D eigenvalue weighted by atomic mass is 16.7. The molecule has 4 saturated carbocycles. The van der Waals surface area contributed by atoms with E-state index in [9.17, 15) is 5.26 Å². The van der Waals surface area contributed by atoms with Crippen LogP contribution in [0.1, 0.15) is 57.1 Å². The van der Waals surface area contributed by atoms with E-state index in [1.165, 1.54) is 32.1 Å². The Hall–Kier alpha value is -2.93. The summed E-state index contributed by atoms with van der Waals surface area (Å²) in [7, 11) is 1.67. The van der Waals surface area contributed by atoms with E-state index in [1.807, 2.05) is 38.1 Å². The van der Waals surface area contributed by atoms with E-state index in [1.54, 1.807) is 13.3 Å². The Morgan fingerprint density at radius 3 is 2.55 bits per heavy atom. The van der Waals surface area contributed by atoms with E-state index in [0.29, 0.717) is 47.7 Å². The molecule has 2 aromatic rings. The van der Waals surface area contributed by atoms with Gasteiger partial charge in [-0.3, -0.25) is 0 Å². The highest BCUT2D eigenvalue weighted by molar-refractivity contribution is 5.53. The molecule has 4 bridgehead atoms. The number of nitrogens with zero attached hydrogens (tertiary/aromatic N) is 3. The smallest absolute Gasteiger partial charge is 0.224 e. The Labute approximate surface area is 237 Å². The number of nitriles is 1. The Balaban J connectivity index is 1.07. The minimum atomic E-state index is -0.458. The van der Waals surface area contributed by atoms with Gasteiger partial charge in [-0.05, 0) is 75.2 Å². The summed E-state index contributed by atoms with van der Waals surface area (Å²) < 4.78 is 17.2. The van der Waals surface area contributed by atoms with Crippen LogP contribution in [0.4, 0.5) is 11.8 Å². The van der Waals surface area contributed by atoms with Crippen LogP contribution < -0.4 is 20.7 Å². The van der Waals surface area contributed by atoms with Gasteiger partial charge in [0.05, 0.1) is 26.5 Å². The molecule has 2 heterocycles. The van der Waals surface area contributed by atoms with Crippen LogP contribution in [-0.4, -0.2) is 55.2 Å². The normalized spacial score (nSPS) is 30.6. The van der Waals surface area contributed by atoms with Crippen molar-refractivity contribution >= 4 is 11.8 Å². The molecule has 5 aliphatic rings. The van der Waals surface area contributed by atoms with Crippen molar-refractivity contribution in [1.29, 1.82) is 5.26 Å². The fourth-order valence-electron chi connectivity index (χ4n) is 7.87. The standard InChI is InChI=1S/C31H42N6O3/c1-30(2)39-17-21(18-40-30)14-33-27-23-8-20-9-24(27)12-31(10-20,11-23)19-36-28-25(13-32)16-35-29(37-28)34-15-22-6-4-5-7-26(22)38-3/h4-7,16,20-21,23-24,27,33H,8-12,14-15,17-19H2,1-3H3,(H2,34,35,36,37)/t20?,23-,24+,27?,31?. The third-order valence-corrected chi connectivity index (χ3v) is 9.55. The lowest BCUT2D eigenvalue weighted by Crippen LogP contribution is -2.60. The number of anilines is 2. The minimum Gasteiger partial charge on any atom is -0.496 e. The summed E-state index contributed by atoms with van der Waals surface area (Å²) >= 11 is 0. The molecule has 3 unspecified atom stereocenters. The van der Waals surface area contributed by atoms with Crippen molar-refractivity contribution in [3.05, 3.63) is 41.6 Å². The Kier molecular flexibility index (Phi) is 7.60. The summed E-state index contributed by atoms with van der Waals surface area (Å²) in [5.74, 6) is 4.10. The number of benzene rings is 1. The SMILES string of the molecule is COc1ccccc1CNc1ncc(C#N)c(NCC23CC4C[C@H](C2)C(NCC2COC(C)(C)OC2)[C@@H](C4)C3)n1. The zero-order valence-electron chi connectivity index (χ0n) is 23.9. The van der Waals surface area contributed by atoms with Gasteiger partial charge < -0.3 is 30.2 Å². The zero-order valence-corrected chi connectivity index (χ0v) is 23.9. The van der Waals surface area contributed by atoms with Crippen LogP contribution in [0.5, 0.6) is 5.75 Å². The van der Waals surface area contributed by atoms with Crippen molar-refractivity contribution in [2.45, 2.75) is 64.3 Å². The molecule has 0 spiro atoms. The number of hydrogen-bond acceptors (Lipinski definition) is 9. The number of para-hydroxylation sites is 1. The van der Waals surface area contributed by atoms with E-state index in [4.69, 9.17) is 19.2 Å². The van der Waals surface area contributed by atoms with Gasteiger partial charge in [-0.25, -0.2) is 4.98 Å². The van der Waals surface area contributed by atoms with Crippen molar-refractivity contribution in [3.63, 3.8) is 0 Å². The Morgan fingerprint density at radius 2 is 1.82 bits per heavy atom. The molecule has 40 heavy (non-hydrogen) atoms. The monoisotopic (exact) mass is 546 g/mol. The molecule has 0 radical (unpaired) electrons. The van der Waals surface area contributed by atoms with Gasteiger partial charge in [-0.1, -0.05) is 18.2 Å². The maximum atomic E-state index is 9.74. The van der Waals surface area contributed by atoms with Gasteiger partial charge in [0.25, 0.3) is 0 Å². The fourth-order valence-corrected chi connectivity index (χ4v) is 7.87. The topological polar surface area (TPSA) is 113 Å². The van der Waals surface area contributed by atoms with Crippen LogP contribution in [0.3, 0.4) is 0 Å². The van der Waals surface area contributed by atoms with E-state index in [2.05, 4.69) is 27.0 Å². The molecule has 0 amide bonds. The molecule has 1 aromatic heterocycles. The van der Waals surface area contributed by atoms with E-state index in [0.717, 1.165) is 43.5 Å². The molecule has 3 N–H and O–H groups in total. The molecule has 9 nitrogen and oxygen atoms in total. The second-order valence-electron chi connectivity index (χ2n) is 12.9. The first-order valence-corrected chi connectivity index (χ1v) is 14.7. The lowest BCUT2D eigenvalue weighted by molar-refractivity contribution is -0.261. The van der Waals surface area contributed by atoms with Crippen LogP contribution in [0.2, 0.25) is 0 Å². The number of aromatic nitrogens is 2. The molecule has 1 saturated heterocycles. The molecule has 5 fully saturated rings. The number of ether oxygens (including phenoxy) is 3. The third-order valence-electron chi connectivity index (χ3n) is 9.55. The predicted octanol–water partition coefficient (Wildman–Crippen LogP) is 4.56. The molecule has 214 valence electrons. The molecule has 1 aliphatic heterocycles.